The van der Waals surface area contributed by atoms with Gasteiger partial charge in [0.25, 0.3) is 0 Å². The topological polar surface area (TPSA) is 75.6 Å². The zero-order valence-electron chi connectivity index (χ0n) is 11.7. The predicted molar refractivity (Wildman–Crippen MR) is 75.4 cm³/mol. The van der Waals surface area contributed by atoms with E-state index in [1.54, 1.807) is 0 Å². The average molecular weight is 279 g/mol. The van der Waals surface area contributed by atoms with Gasteiger partial charge in [0.1, 0.15) is 6.04 Å². The van der Waals surface area contributed by atoms with Gasteiger partial charge in [0, 0.05) is 26.6 Å². The molecule has 2 N–H and O–H groups in total. The van der Waals surface area contributed by atoms with E-state index in [0.29, 0.717) is 19.4 Å². The van der Waals surface area contributed by atoms with Crippen LogP contribution >= 0.6 is 0 Å². The Kier molecular flexibility index (Phi) is 7.35. The van der Waals surface area contributed by atoms with Crippen molar-refractivity contribution in [1.82, 2.24) is 5.32 Å². The fourth-order valence-corrected chi connectivity index (χ4v) is 1.86. The number of benzene rings is 1. The van der Waals surface area contributed by atoms with Crippen molar-refractivity contribution in [3.05, 3.63) is 35.9 Å². The second-order valence-corrected chi connectivity index (χ2v) is 4.58. The Bertz CT molecular complexity index is 419. The Hall–Kier alpha value is -1.88. The second kappa shape index (κ2) is 9.09. The van der Waals surface area contributed by atoms with E-state index in [-0.39, 0.29) is 12.3 Å². The van der Waals surface area contributed by atoms with Gasteiger partial charge in [-0.3, -0.25) is 4.79 Å². The molecule has 1 aromatic rings. The van der Waals surface area contributed by atoms with E-state index < -0.39 is 12.0 Å². The van der Waals surface area contributed by atoms with Gasteiger partial charge >= 0.3 is 5.97 Å². The lowest BCUT2D eigenvalue weighted by Crippen LogP contribution is -2.41. The van der Waals surface area contributed by atoms with Crippen molar-refractivity contribution in [3.8, 4) is 0 Å². The van der Waals surface area contributed by atoms with Crippen LogP contribution in [0.5, 0.6) is 0 Å². The number of carboxylic acids is 1. The smallest absolute Gasteiger partial charge is 0.326 e. The summed E-state index contributed by atoms with van der Waals surface area (Å²) in [4.78, 5) is 22.7. The Morgan fingerprint density at radius 2 is 2.00 bits per heavy atom. The van der Waals surface area contributed by atoms with Crippen molar-refractivity contribution in [2.45, 2.75) is 31.7 Å². The van der Waals surface area contributed by atoms with E-state index in [4.69, 9.17) is 9.84 Å². The first-order valence-corrected chi connectivity index (χ1v) is 6.68. The molecule has 1 rings (SSSR count). The van der Waals surface area contributed by atoms with E-state index in [2.05, 4.69) is 5.32 Å². The van der Waals surface area contributed by atoms with E-state index in [1.807, 2.05) is 30.3 Å². The first-order valence-electron chi connectivity index (χ1n) is 6.68. The van der Waals surface area contributed by atoms with E-state index in [0.717, 1.165) is 6.42 Å². The molecule has 0 fully saturated rings. The van der Waals surface area contributed by atoms with Crippen LogP contribution in [-0.4, -0.2) is 36.7 Å². The van der Waals surface area contributed by atoms with Crippen LogP contribution in [0.2, 0.25) is 0 Å². The van der Waals surface area contributed by atoms with Crippen LogP contribution in [0.4, 0.5) is 0 Å². The quantitative estimate of drug-likeness (QED) is 0.720. The molecule has 0 aliphatic rings. The molecule has 1 aromatic carbocycles. The predicted octanol–water partition coefficient (Wildman–Crippen LogP) is 1.62. The first-order chi connectivity index (χ1) is 9.63. The molecule has 0 heterocycles. The van der Waals surface area contributed by atoms with Crippen molar-refractivity contribution in [2.24, 2.45) is 0 Å². The summed E-state index contributed by atoms with van der Waals surface area (Å²) in [6, 6.07) is 9.01. The van der Waals surface area contributed by atoms with Gasteiger partial charge in [-0.25, -0.2) is 4.79 Å². The summed E-state index contributed by atoms with van der Waals surface area (Å²) in [5.74, 6) is -1.26. The molecule has 0 aromatic heterocycles. The summed E-state index contributed by atoms with van der Waals surface area (Å²) >= 11 is 0. The van der Waals surface area contributed by atoms with Crippen molar-refractivity contribution in [2.75, 3.05) is 13.7 Å². The van der Waals surface area contributed by atoms with Crippen molar-refractivity contribution < 1.29 is 19.4 Å². The number of aliphatic carboxylic acids is 1. The molecule has 0 aliphatic carbocycles. The summed E-state index contributed by atoms with van der Waals surface area (Å²) < 4.78 is 4.83. The Labute approximate surface area is 118 Å². The van der Waals surface area contributed by atoms with Gasteiger partial charge in [-0.05, 0) is 18.4 Å². The molecular formula is C15H21NO4. The third kappa shape index (κ3) is 6.33. The lowest BCUT2D eigenvalue weighted by atomic mass is 10.1. The van der Waals surface area contributed by atoms with Crippen LogP contribution in [0.25, 0.3) is 0 Å². The number of methoxy groups -OCH3 is 1. The summed E-state index contributed by atoms with van der Waals surface area (Å²) in [5.41, 5.74) is 1.18. The van der Waals surface area contributed by atoms with Crippen LogP contribution in [0, 0.1) is 0 Å². The minimum atomic E-state index is -1.03. The molecule has 1 unspecified atom stereocenters. The number of hydrogen-bond acceptors (Lipinski definition) is 3. The summed E-state index contributed by atoms with van der Waals surface area (Å²) in [7, 11) is 1.50. The van der Waals surface area contributed by atoms with Crippen molar-refractivity contribution >= 4 is 11.9 Å². The van der Waals surface area contributed by atoms with Gasteiger partial charge in [0.05, 0.1) is 0 Å². The highest BCUT2D eigenvalue weighted by Gasteiger charge is 2.19. The minimum absolute atomic E-state index is 0.232. The van der Waals surface area contributed by atoms with Crippen LogP contribution in [0.15, 0.2) is 30.3 Å². The molecule has 5 heteroatoms. The number of aryl methyl sites for hydroxylation is 1. The van der Waals surface area contributed by atoms with Gasteiger partial charge in [0.2, 0.25) is 5.91 Å². The maximum atomic E-state index is 11.7. The molecule has 5 nitrogen and oxygen atoms in total. The SMILES string of the molecule is COCCC(NC(=O)CCCc1ccccc1)C(=O)O. The number of amides is 1. The molecule has 1 atom stereocenters. The van der Waals surface area contributed by atoms with Gasteiger partial charge in [-0.2, -0.15) is 0 Å². The molecule has 0 bridgehead atoms. The monoisotopic (exact) mass is 279 g/mol. The van der Waals surface area contributed by atoms with Crippen LogP contribution < -0.4 is 5.32 Å². The maximum Gasteiger partial charge on any atom is 0.326 e. The van der Waals surface area contributed by atoms with Gasteiger partial charge in [-0.15, -0.1) is 0 Å². The number of carbonyl (C=O) groups is 2. The van der Waals surface area contributed by atoms with E-state index in [9.17, 15) is 9.59 Å². The molecule has 0 aliphatic heterocycles. The highest BCUT2D eigenvalue weighted by atomic mass is 16.5. The number of nitrogens with one attached hydrogen (secondary N) is 1. The minimum Gasteiger partial charge on any atom is -0.480 e. The lowest BCUT2D eigenvalue weighted by molar-refractivity contribution is -0.142. The fourth-order valence-electron chi connectivity index (χ4n) is 1.86. The molecule has 20 heavy (non-hydrogen) atoms. The van der Waals surface area contributed by atoms with Gasteiger partial charge in [-0.1, -0.05) is 30.3 Å². The largest absolute Gasteiger partial charge is 0.480 e. The maximum absolute atomic E-state index is 11.7. The Morgan fingerprint density at radius 1 is 1.30 bits per heavy atom. The van der Waals surface area contributed by atoms with Crippen LogP contribution in [0.3, 0.4) is 0 Å². The standard InChI is InChI=1S/C15H21NO4/c1-20-11-10-13(15(18)19)16-14(17)9-5-8-12-6-3-2-4-7-12/h2-4,6-7,13H,5,8-11H2,1H3,(H,16,17)(H,18,19). The molecule has 0 saturated carbocycles. The van der Waals surface area contributed by atoms with E-state index in [1.165, 1.54) is 12.7 Å². The zero-order valence-corrected chi connectivity index (χ0v) is 11.7. The molecule has 110 valence electrons. The van der Waals surface area contributed by atoms with Crippen molar-refractivity contribution in [3.63, 3.8) is 0 Å². The van der Waals surface area contributed by atoms with Gasteiger partial charge < -0.3 is 15.2 Å². The van der Waals surface area contributed by atoms with Gasteiger partial charge in [0.15, 0.2) is 0 Å². The summed E-state index contributed by atoms with van der Waals surface area (Å²) in [6.07, 6.45) is 2.11. The third-order valence-corrected chi connectivity index (χ3v) is 2.96. The normalized spacial score (nSPS) is 11.8. The highest BCUT2D eigenvalue weighted by Crippen LogP contribution is 2.05. The molecule has 0 radical (unpaired) electrons. The lowest BCUT2D eigenvalue weighted by Gasteiger charge is -2.13. The van der Waals surface area contributed by atoms with E-state index >= 15 is 0 Å². The zero-order chi connectivity index (χ0) is 14.8. The molecular weight excluding hydrogens is 258 g/mol. The van der Waals surface area contributed by atoms with Crippen molar-refractivity contribution in [1.29, 1.82) is 0 Å². The molecule has 0 spiro atoms. The highest BCUT2D eigenvalue weighted by molar-refractivity contribution is 5.83. The summed E-state index contributed by atoms with van der Waals surface area (Å²) in [5, 5.41) is 11.5. The summed E-state index contributed by atoms with van der Waals surface area (Å²) in [6.45, 7) is 0.307. The van der Waals surface area contributed by atoms with Crippen LogP contribution in [0.1, 0.15) is 24.8 Å². The first kappa shape index (κ1) is 16.2. The Morgan fingerprint density at radius 3 is 2.60 bits per heavy atom. The third-order valence-electron chi connectivity index (χ3n) is 2.96. The second-order valence-electron chi connectivity index (χ2n) is 4.58. The number of carboxylic acid groups (broad SMARTS) is 1. The fraction of sp³-hybridized carbons (Fsp3) is 0.467. The Balaban J connectivity index is 2.29. The molecule has 0 saturated heterocycles. The number of rotatable bonds is 9. The molecule has 1 amide bonds. The van der Waals surface area contributed by atoms with Crippen LogP contribution in [-0.2, 0) is 20.7 Å². The number of hydrogen-bond donors (Lipinski definition) is 2. The average Bonchev–Trinajstić information content (AvgIpc) is 2.44. The number of ether oxygens (including phenoxy) is 1. The number of carbonyl (C=O) groups excluding carboxylic acids is 1.